The second-order valence-electron chi connectivity index (χ2n) is 6.76. The topological polar surface area (TPSA) is 51.2 Å². The summed E-state index contributed by atoms with van der Waals surface area (Å²) in [5, 5.41) is 4.07. The molecule has 1 N–H and O–H groups in total. The summed E-state index contributed by atoms with van der Waals surface area (Å²) in [5.74, 6) is 0.0319. The van der Waals surface area contributed by atoms with Crippen LogP contribution >= 0.6 is 11.3 Å². The highest BCUT2D eigenvalue weighted by molar-refractivity contribution is 7.18. The van der Waals surface area contributed by atoms with Gasteiger partial charge < -0.3 is 10.1 Å². The second-order valence-corrected chi connectivity index (χ2v) is 7.87. The fourth-order valence-corrected chi connectivity index (χ4v) is 4.26. The lowest BCUT2D eigenvalue weighted by Gasteiger charge is -2.28. The first kappa shape index (κ1) is 19.5. The van der Waals surface area contributed by atoms with Crippen molar-refractivity contribution in [2.45, 2.75) is 32.1 Å². The number of carbonyl (C=O) groups is 1. The smallest absolute Gasteiger partial charge is 0.230 e. The Morgan fingerprint density at radius 3 is 2.63 bits per heavy atom. The summed E-state index contributed by atoms with van der Waals surface area (Å²) in [7, 11) is 0. The molecule has 142 valence electrons. The van der Waals surface area contributed by atoms with Crippen LogP contribution in [0.5, 0.6) is 0 Å². The molecule has 1 heterocycles. The van der Waals surface area contributed by atoms with E-state index in [0.29, 0.717) is 26.2 Å². The van der Waals surface area contributed by atoms with Crippen LogP contribution in [0.25, 0.3) is 10.2 Å². The van der Waals surface area contributed by atoms with Crippen molar-refractivity contribution in [1.29, 1.82) is 0 Å². The second kappa shape index (κ2) is 9.11. The standard InChI is InChI=1S/C22H26N2O2S/c1-3-26-15-9-14-23-21(25)22(2,17-10-5-4-6-11-17)16-20-24-18-12-7-8-13-19(18)27-20/h4-8,10-13H,3,9,14-16H2,1-2H3,(H,23,25). The largest absolute Gasteiger partial charge is 0.382 e. The molecule has 5 heteroatoms. The number of nitrogens with one attached hydrogen (secondary N) is 1. The highest BCUT2D eigenvalue weighted by atomic mass is 32.1. The van der Waals surface area contributed by atoms with E-state index < -0.39 is 5.41 Å². The molecule has 0 aliphatic carbocycles. The van der Waals surface area contributed by atoms with E-state index >= 15 is 0 Å². The molecule has 3 rings (SSSR count). The van der Waals surface area contributed by atoms with Gasteiger partial charge in [0.15, 0.2) is 0 Å². The molecule has 0 saturated heterocycles. The number of amides is 1. The van der Waals surface area contributed by atoms with Gasteiger partial charge in [-0.05, 0) is 38.0 Å². The zero-order valence-corrected chi connectivity index (χ0v) is 16.7. The number of ether oxygens (including phenoxy) is 1. The number of hydrogen-bond donors (Lipinski definition) is 1. The normalized spacial score (nSPS) is 13.4. The summed E-state index contributed by atoms with van der Waals surface area (Å²) in [6, 6.07) is 18.1. The van der Waals surface area contributed by atoms with Crippen LogP contribution in [0.15, 0.2) is 54.6 Å². The minimum atomic E-state index is -0.666. The van der Waals surface area contributed by atoms with E-state index in [-0.39, 0.29) is 5.91 Å². The lowest BCUT2D eigenvalue weighted by atomic mass is 9.78. The molecule has 1 atom stereocenters. The van der Waals surface area contributed by atoms with Crippen molar-refractivity contribution in [2.75, 3.05) is 19.8 Å². The van der Waals surface area contributed by atoms with Gasteiger partial charge in [0.25, 0.3) is 0 Å². The highest BCUT2D eigenvalue weighted by Gasteiger charge is 2.36. The number of thiazole rings is 1. The Morgan fingerprint density at radius 1 is 1.15 bits per heavy atom. The fourth-order valence-electron chi connectivity index (χ4n) is 3.13. The summed E-state index contributed by atoms with van der Waals surface area (Å²) in [6.07, 6.45) is 1.39. The maximum Gasteiger partial charge on any atom is 0.230 e. The van der Waals surface area contributed by atoms with Crippen molar-refractivity contribution in [2.24, 2.45) is 0 Å². The number of hydrogen-bond acceptors (Lipinski definition) is 4. The predicted octanol–water partition coefficient (Wildman–Crippen LogP) is 4.34. The SMILES string of the molecule is CCOCCCNC(=O)C(C)(Cc1nc2ccccc2s1)c1ccccc1. The molecule has 1 unspecified atom stereocenters. The zero-order chi connectivity index (χ0) is 19.1. The number of fused-ring (bicyclic) bond motifs is 1. The molecular formula is C22H26N2O2S. The number of benzene rings is 2. The van der Waals surface area contributed by atoms with Gasteiger partial charge in [-0.25, -0.2) is 4.98 Å². The summed E-state index contributed by atoms with van der Waals surface area (Å²) in [6.45, 7) is 5.96. The summed E-state index contributed by atoms with van der Waals surface area (Å²) in [5.41, 5.74) is 1.33. The minimum Gasteiger partial charge on any atom is -0.382 e. The molecule has 0 spiro atoms. The van der Waals surface area contributed by atoms with Gasteiger partial charge in [0.05, 0.1) is 20.6 Å². The van der Waals surface area contributed by atoms with Crippen molar-refractivity contribution in [3.8, 4) is 0 Å². The average Bonchev–Trinajstić information content (AvgIpc) is 3.10. The summed E-state index contributed by atoms with van der Waals surface area (Å²) >= 11 is 1.66. The van der Waals surface area contributed by atoms with Gasteiger partial charge >= 0.3 is 0 Å². The van der Waals surface area contributed by atoms with Crippen LogP contribution in [0.1, 0.15) is 30.8 Å². The van der Waals surface area contributed by atoms with E-state index in [9.17, 15) is 4.79 Å². The number of rotatable bonds is 9. The van der Waals surface area contributed by atoms with Crippen molar-refractivity contribution in [1.82, 2.24) is 10.3 Å². The van der Waals surface area contributed by atoms with Gasteiger partial charge in [0.2, 0.25) is 5.91 Å². The molecule has 1 aromatic heterocycles. The van der Waals surface area contributed by atoms with Crippen LogP contribution in [0, 0.1) is 0 Å². The van der Waals surface area contributed by atoms with Crippen molar-refractivity contribution in [3.05, 3.63) is 65.2 Å². The van der Waals surface area contributed by atoms with Crippen LogP contribution in [0.2, 0.25) is 0 Å². The van der Waals surface area contributed by atoms with Crippen molar-refractivity contribution in [3.63, 3.8) is 0 Å². The Labute approximate surface area is 164 Å². The zero-order valence-electron chi connectivity index (χ0n) is 15.9. The van der Waals surface area contributed by atoms with Crippen LogP contribution in [0.4, 0.5) is 0 Å². The summed E-state index contributed by atoms with van der Waals surface area (Å²) < 4.78 is 6.51. The summed E-state index contributed by atoms with van der Waals surface area (Å²) in [4.78, 5) is 17.9. The van der Waals surface area contributed by atoms with Crippen LogP contribution < -0.4 is 5.32 Å². The third-order valence-electron chi connectivity index (χ3n) is 4.71. The van der Waals surface area contributed by atoms with Gasteiger partial charge in [-0.3, -0.25) is 4.79 Å². The maximum atomic E-state index is 13.1. The van der Waals surface area contributed by atoms with Crippen LogP contribution in [0.3, 0.4) is 0 Å². The molecule has 0 fully saturated rings. The molecule has 27 heavy (non-hydrogen) atoms. The minimum absolute atomic E-state index is 0.0319. The number of carbonyl (C=O) groups excluding carboxylic acids is 1. The molecule has 2 aromatic carbocycles. The third-order valence-corrected chi connectivity index (χ3v) is 5.75. The van der Waals surface area contributed by atoms with E-state index in [2.05, 4.69) is 11.4 Å². The Hall–Kier alpha value is -2.24. The first-order valence-electron chi connectivity index (χ1n) is 9.39. The maximum absolute atomic E-state index is 13.1. The lowest BCUT2D eigenvalue weighted by molar-refractivity contribution is -0.126. The molecule has 4 nitrogen and oxygen atoms in total. The molecule has 0 aliphatic rings. The molecule has 1 amide bonds. The highest BCUT2D eigenvalue weighted by Crippen LogP contribution is 2.32. The lowest BCUT2D eigenvalue weighted by Crippen LogP contribution is -2.44. The van der Waals surface area contributed by atoms with E-state index in [0.717, 1.165) is 27.2 Å². The quantitative estimate of drug-likeness (QED) is 0.560. The van der Waals surface area contributed by atoms with Gasteiger partial charge in [-0.2, -0.15) is 0 Å². The van der Waals surface area contributed by atoms with Crippen molar-refractivity contribution < 1.29 is 9.53 Å². The van der Waals surface area contributed by atoms with E-state index in [1.54, 1.807) is 11.3 Å². The van der Waals surface area contributed by atoms with Crippen molar-refractivity contribution >= 4 is 27.5 Å². The Morgan fingerprint density at radius 2 is 1.89 bits per heavy atom. The van der Waals surface area contributed by atoms with E-state index in [1.165, 1.54) is 0 Å². The first-order valence-corrected chi connectivity index (χ1v) is 10.2. The van der Waals surface area contributed by atoms with Gasteiger partial charge in [-0.15, -0.1) is 11.3 Å². The third kappa shape index (κ3) is 4.73. The predicted molar refractivity (Wildman–Crippen MR) is 111 cm³/mol. The molecule has 0 saturated carbocycles. The van der Waals surface area contributed by atoms with Gasteiger partial charge in [-0.1, -0.05) is 42.5 Å². The number of para-hydroxylation sites is 1. The van der Waals surface area contributed by atoms with Gasteiger partial charge in [0, 0.05) is 26.2 Å². The molecule has 0 aliphatic heterocycles. The Balaban J connectivity index is 1.80. The Bertz CT molecular complexity index is 845. The van der Waals surface area contributed by atoms with Gasteiger partial charge in [0.1, 0.15) is 0 Å². The Kier molecular flexibility index (Phi) is 6.58. The van der Waals surface area contributed by atoms with Crippen LogP contribution in [-0.4, -0.2) is 30.6 Å². The fraction of sp³-hybridized carbons (Fsp3) is 0.364. The molecule has 0 radical (unpaired) electrons. The molecule has 0 bridgehead atoms. The molecule has 3 aromatic rings. The number of aromatic nitrogens is 1. The number of nitrogens with zero attached hydrogens (tertiary/aromatic N) is 1. The molecular weight excluding hydrogens is 356 g/mol. The van der Waals surface area contributed by atoms with Crippen LogP contribution in [-0.2, 0) is 21.4 Å². The monoisotopic (exact) mass is 382 g/mol. The average molecular weight is 383 g/mol. The van der Waals surface area contributed by atoms with E-state index in [4.69, 9.17) is 9.72 Å². The van der Waals surface area contributed by atoms with E-state index in [1.807, 2.05) is 62.4 Å². The first-order chi connectivity index (χ1) is 13.1.